The van der Waals surface area contributed by atoms with Crippen molar-refractivity contribution in [1.29, 1.82) is 0 Å². The van der Waals surface area contributed by atoms with Crippen LogP contribution in [0.15, 0.2) is 36.7 Å². The highest BCUT2D eigenvalue weighted by Crippen LogP contribution is 2.33. The molecular weight excluding hydrogens is 446 g/mol. The lowest BCUT2D eigenvalue weighted by atomic mass is 9.77. The highest BCUT2D eigenvalue weighted by molar-refractivity contribution is 5.86. The van der Waals surface area contributed by atoms with Gasteiger partial charge < -0.3 is 24.6 Å². The molecule has 2 N–H and O–H groups in total. The molecule has 35 heavy (non-hydrogen) atoms. The predicted octanol–water partition coefficient (Wildman–Crippen LogP) is 4.09. The Balaban J connectivity index is 1.28. The maximum atomic E-state index is 10.3. The Bertz CT molecular complexity index is 1160. The van der Waals surface area contributed by atoms with Crippen molar-refractivity contribution in [3.63, 3.8) is 0 Å². The van der Waals surface area contributed by atoms with E-state index < -0.39 is 11.4 Å². The Kier molecular flexibility index (Phi) is 6.41. The van der Waals surface area contributed by atoms with Gasteiger partial charge in [-0.1, -0.05) is 6.07 Å². The largest absolute Gasteiger partial charge is 0.490 e. The van der Waals surface area contributed by atoms with E-state index in [1.165, 1.54) is 0 Å². The van der Waals surface area contributed by atoms with E-state index in [-0.39, 0.29) is 6.10 Å². The van der Waals surface area contributed by atoms with Crippen LogP contribution in [0.25, 0.3) is 16.7 Å². The first-order valence-electron chi connectivity index (χ1n) is 12.4. The molecule has 3 aromatic rings. The Morgan fingerprint density at radius 3 is 2.71 bits per heavy atom. The van der Waals surface area contributed by atoms with Crippen molar-refractivity contribution >= 4 is 16.9 Å². The van der Waals surface area contributed by atoms with Crippen LogP contribution in [0.5, 0.6) is 5.75 Å². The van der Waals surface area contributed by atoms with E-state index in [0.29, 0.717) is 36.9 Å². The van der Waals surface area contributed by atoms with Crippen LogP contribution < -0.4 is 10.1 Å². The van der Waals surface area contributed by atoms with Gasteiger partial charge in [0.25, 0.3) is 0 Å². The number of rotatable bonds is 7. The third-order valence-electron chi connectivity index (χ3n) is 6.98. The number of hydrogen-bond donors (Lipinski definition) is 2. The zero-order valence-electron chi connectivity index (χ0n) is 20.9. The molecule has 5 rings (SSSR count). The van der Waals surface area contributed by atoms with Gasteiger partial charge in [-0.3, -0.25) is 0 Å². The van der Waals surface area contributed by atoms with Crippen LogP contribution >= 0.6 is 0 Å². The topological polar surface area (TPSA) is 104 Å². The van der Waals surface area contributed by atoms with Crippen molar-refractivity contribution in [2.24, 2.45) is 5.92 Å². The summed E-state index contributed by atoms with van der Waals surface area (Å²) in [6, 6.07) is 8.03. The molecule has 2 fully saturated rings. The minimum atomic E-state index is -0.625. The summed E-state index contributed by atoms with van der Waals surface area (Å²) in [5, 5.41) is 19.3. The third-order valence-corrected chi connectivity index (χ3v) is 6.98. The van der Waals surface area contributed by atoms with Crippen molar-refractivity contribution in [2.75, 3.05) is 18.5 Å². The molecular formula is C26H35N5O4. The summed E-state index contributed by atoms with van der Waals surface area (Å²) in [6.07, 6.45) is 7.39. The van der Waals surface area contributed by atoms with E-state index >= 15 is 0 Å². The molecule has 1 aromatic carbocycles. The van der Waals surface area contributed by atoms with Crippen molar-refractivity contribution in [3.05, 3.63) is 36.7 Å². The highest BCUT2D eigenvalue weighted by atomic mass is 16.7. The van der Waals surface area contributed by atoms with Gasteiger partial charge in [0.1, 0.15) is 18.5 Å². The summed E-state index contributed by atoms with van der Waals surface area (Å²) in [6.45, 7) is 8.54. The first kappa shape index (κ1) is 24.0. The van der Waals surface area contributed by atoms with Crippen molar-refractivity contribution < 1.29 is 19.3 Å². The standard InChI is InChI=1S/C26H35N5O4/c1-25(2,32)17-8-10-18(11-9-17)29-24-27-13-12-23(30-24)31-21-6-5-7-22(20(21)14-28-31)33-15-19-16-34-26(3,4)35-19/h5-7,12-14,17-19,32H,8-11,15-16H2,1-4H3,(H,27,29,30). The molecule has 2 aliphatic rings. The molecule has 3 heterocycles. The molecule has 1 atom stereocenters. The van der Waals surface area contributed by atoms with E-state index in [2.05, 4.69) is 15.4 Å². The van der Waals surface area contributed by atoms with Crippen LogP contribution in [0.1, 0.15) is 53.4 Å². The maximum Gasteiger partial charge on any atom is 0.224 e. The van der Waals surface area contributed by atoms with E-state index in [4.69, 9.17) is 19.2 Å². The molecule has 1 aliphatic heterocycles. The molecule has 0 radical (unpaired) electrons. The molecule has 9 nitrogen and oxygen atoms in total. The van der Waals surface area contributed by atoms with Gasteiger partial charge in [0.2, 0.25) is 5.95 Å². The Labute approximate surface area is 205 Å². The predicted molar refractivity (Wildman–Crippen MR) is 133 cm³/mol. The van der Waals surface area contributed by atoms with Gasteiger partial charge >= 0.3 is 0 Å². The van der Waals surface area contributed by atoms with Crippen LogP contribution in [0.3, 0.4) is 0 Å². The first-order chi connectivity index (χ1) is 16.7. The summed E-state index contributed by atoms with van der Waals surface area (Å²) >= 11 is 0. The van der Waals surface area contributed by atoms with Gasteiger partial charge in [-0.25, -0.2) is 9.67 Å². The minimum absolute atomic E-state index is 0.107. The highest BCUT2D eigenvalue weighted by Gasteiger charge is 2.33. The molecule has 188 valence electrons. The van der Waals surface area contributed by atoms with Crippen LogP contribution in [-0.4, -0.2) is 61.6 Å². The smallest absolute Gasteiger partial charge is 0.224 e. The number of benzene rings is 1. The fourth-order valence-corrected chi connectivity index (χ4v) is 5.02. The summed E-state index contributed by atoms with van der Waals surface area (Å²) < 4.78 is 19.4. The van der Waals surface area contributed by atoms with Crippen molar-refractivity contribution in [1.82, 2.24) is 19.7 Å². The SMILES string of the molecule is CC1(C)OCC(COc2cccc3c2cnn3-c2ccnc(NC3CCC(C(C)(C)O)CC3)n2)O1. The number of ether oxygens (including phenoxy) is 3. The quantitative estimate of drug-likeness (QED) is 0.520. The number of hydrogen-bond acceptors (Lipinski definition) is 8. The fourth-order valence-electron chi connectivity index (χ4n) is 5.02. The number of nitrogens with one attached hydrogen (secondary N) is 1. The van der Waals surface area contributed by atoms with Gasteiger partial charge in [-0.05, 0) is 71.4 Å². The molecule has 0 spiro atoms. The molecule has 0 amide bonds. The molecule has 9 heteroatoms. The van der Waals surface area contributed by atoms with Crippen molar-refractivity contribution in [3.8, 4) is 11.6 Å². The van der Waals surface area contributed by atoms with Crippen LogP contribution in [0.4, 0.5) is 5.95 Å². The number of anilines is 1. The van der Waals surface area contributed by atoms with Crippen LogP contribution in [0.2, 0.25) is 0 Å². The molecule has 1 saturated heterocycles. The number of aromatic nitrogens is 4. The summed E-state index contributed by atoms with van der Waals surface area (Å²) in [5.74, 6) is 1.79. The monoisotopic (exact) mass is 481 g/mol. The lowest BCUT2D eigenvalue weighted by Gasteiger charge is -2.36. The number of aliphatic hydroxyl groups is 1. The molecule has 2 aromatic heterocycles. The number of nitrogens with zero attached hydrogens (tertiary/aromatic N) is 4. The molecule has 1 saturated carbocycles. The lowest BCUT2D eigenvalue weighted by Crippen LogP contribution is -2.37. The third kappa shape index (κ3) is 5.42. The normalized spacial score (nSPS) is 24.5. The van der Waals surface area contributed by atoms with Gasteiger partial charge in [0, 0.05) is 18.3 Å². The molecule has 1 unspecified atom stereocenters. The van der Waals surface area contributed by atoms with Gasteiger partial charge in [-0.15, -0.1) is 0 Å². The second-order valence-corrected chi connectivity index (χ2v) is 10.6. The van der Waals surface area contributed by atoms with Crippen molar-refractivity contribution in [2.45, 2.75) is 76.9 Å². The van der Waals surface area contributed by atoms with E-state index in [0.717, 1.165) is 42.3 Å². The van der Waals surface area contributed by atoms with E-state index in [1.807, 2.05) is 52.0 Å². The fraction of sp³-hybridized carbons (Fsp3) is 0.577. The Morgan fingerprint density at radius 1 is 1.20 bits per heavy atom. The van der Waals surface area contributed by atoms with Crippen LogP contribution in [-0.2, 0) is 9.47 Å². The van der Waals surface area contributed by atoms with E-state index in [9.17, 15) is 5.11 Å². The van der Waals surface area contributed by atoms with E-state index in [1.54, 1.807) is 17.1 Å². The average molecular weight is 482 g/mol. The first-order valence-corrected chi connectivity index (χ1v) is 12.4. The average Bonchev–Trinajstić information content (AvgIpc) is 3.41. The second kappa shape index (κ2) is 9.37. The molecule has 1 aliphatic carbocycles. The lowest BCUT2D eigenvalue weighted by molar-refractivity contribution is -0.141. The Morgan fingerprint density at radius 2 is 2.00 bits per heavy atom. The maximum absolute atomic E-state index is 10.3. The number of fused-ring (bicyclic) bond motifs is 1. The van der Waals surface area contributed by atoms with Gasteiger partial charge in [0.05, 0.1) is 29.3 Å². The summed E-state index contributed by atoms with van der Waals surface area (Å²) in [4.78, 5) is 9.16. The second-order valence-electron chi connectivity index (χ2n) is 10.6. The van der Waals surface area contributed by atoms with Gasteiger partial charge in [0.15, 0.2) is 11.6 Å². The zero-order valence-corrected chi connectivity index (χ0v) is 20.9. The van der Waals surface area contributed by atoms with Gasteiger partial charge in [-0.2, -0.15) is 10.1 Å². The summed E-state index contributed by atoms with van der Waals surface area (Å²) in [7, 11) is 0. The summed E-state index contributed by atoms with van der Waals surface area (Å²) in [5.41, 5.74) is 0.279. The van der Waals surface area contributed by atoms with Crippen LogP contribution in [0, 0.1) is 5.92 Å². The Hall–Kier alpha value is -2.75. The molecule has 0 bridgehead atoms. The zero-order chi connectivity index (χ0) is 24.6. The minimum Gasteiger partial charge on any atom is -0.490 e.